The highest BCUT2D eigenvalue weighted by Crippen LogP contribution is 2.16. The van der Waals surface area contributed by atoms with Gasteiger partial charge in [0.25, 0.3) is 0 Å². The number of aromatic nitrogens is 1. The third-order valence-electron chi connectivity index (χ3n) is 3.93. The van der Waals surface area contributed by atoms with Gasteiger partial charge in [-0.1, -0.05) is 13.8 Å². The lowest BCUT2D eigenvalue weighted by Crippen LogP contribution is -2.53. The van der Waals surface area contributed by atoms with Crippen LogP contribution in [-0.2, 0) is 11.2 Å². The monoisotopic (exact) mass is 321 g/mol. The molecule has 0 bridgehead atoms. The Labute approximate surface area is 138 Å². The quantitative estimate of drug-likeness (QED) is 0.871. The van der Waals surface area contributed by atoms with Crippen molar-refractivity contribution < 1.29 is 14.3 Å². The highest BCUT2D eigenvalue weighted by molar-refractivity contribution is 5.74. The molecule has 2 heterocycles. The third kappa shape index (κ3) is 5.39. The predicted octanol–water partition coefficient (Wildman–Crippen LogP) is 2.09. The molecular formula is C17H27N3O3. The van der Waals surface area contributed by atoms with Gasteiger partial charge in [-0.15, -0.1) is 0 Å². The second-order valence-electron chi connectivity index (χ2n) is 6.24. The summed E-state index contributed by atoms with van der Waals surface area (Å²) < 4.78 is 10.6. The topological polar surface area (TPSA) is 63.7 Å². The Bertz CT molecular complexity index is 508. The number of urea groups is 1. The molecule has 1 aliphatic heterocycles. The summed E-state index contributed by atoms with van der Waals surface area (Å²) in [5, 5.41) is 3.01. The molecule has 6 nitrogen and oxygen atoms in total. The maximum absolute atomic E-state index is 12.4. The smallest absolute Gasteiger partial charge is 0.317 e. The van der Waals surface area contributed by atoms with Gasteiger partial charge in [-0.25, -0.2) is 9.78 Å². The molecule has 23 heavy (non-hydrogen) atoms. The summed E-state index contributed by atoms with van der Waals surface area (Å²) in [7, 11) is 1.60. The van der Waals surface area contributed by atoms with Crippen LogP contribution in [0.5, 0.6) is 5.88 Å². The van der Waals surface area contributed by atoms with Crippen molar-refractivity contribution >= 4 is 6.03 Å². The van der Waals surface area contributed by atoms with E-state index in [2.05, 4.69) is 24.1 Å². The maximum Gasteiger partial charge on any atom is 0.317 e. The second kappa shape index (κ2) is 8.72. The van der Waals surface area contributed by atoms with Crippen molar-refractivity contribution in [3.05, 3.63) is 23.9 Å². The Balaban J connectivity index is 1.82. The summed E-state index contributed by atoms with van der Waals surface area (Å²) in [6.07, 6.45) is 3.44. The second-order valence-corrected chi connectivity index (χ2v) is 6.24. The zero-order chi connectivity index (χ0) is 16.7. The minimum absolute atomic E-state index is 0.0000267. The van der Waals surface area contributed by atoms with Crippen molar-refractivity contribution in [2.75, 3.05) is 33.4 Å². The number of hydrogen-bond donors (Lipinski definition) is 1. The molecule has 1 aromatic rings. The molecule has 0 aromatic carbocycles. The van der Waals surface area contributed by atoms with Gasteiger partial charge < -0.3 is 19.7 Å². The zero-order valence-electron chi connectivity index (χ0n) is 14.2. The lowest BCUT2D eigenvalue weighted by molar-refractivity contribution is 0.00564. The van der Waals surface area contributed by atoms with Gasteiger partial charge >= 0.3 is 6.03 Å². The number of carbonyl (C=O) groups excluding carboxylic acids is 1. The number of amides is 2. The van der Waals surface area contributed by atoms with E-state index in [1.165, 1.54) is 0 Å². The van der Waals surface area contributed by atoms with Crippen molar-refractivity contribution in [3.8, 4) is 5.88 Å². The lowest BCUT2D eigenvalue weighted by atomic mass is 10.0. The van der Waals surface area contributed by atoms with Crippen molar-refractivity contribution in [1.29, 1.82) is 0 Å². The number of methoxy groups -OCH3 is 1. The van der Waals surface area contributed by atoms with Crippen molar-refractivity contribution in [2.45, 2.75) is 32.7 Å². The number of ether oxygens (including phenoxy) is 2. The standard InChI is InChI=1S/C17H27N3O3/c1-13(2)10-15-12-23-9-8-20(15)17(21)19-7-5-14-4-6-18-16(11-14)22-3/h4,6,11,13,15H,5,7-10,12H2,1-3H3,(H,19,21)/t15-/m0/s1. The van der Waals surface area contributed by atoms with Crippen LogP contribution >= 0.6 is 0 Å². The first-order valence-corrected chi connectivity index (χ1v) is 8.21. The molecule has 6 heteroatoms. The molecule has 128 valence electrons. The van der Waals surface area contributed by atoms with Gasteiger partial charge in [-0.05, 0) is 30.4 Å². The highest BCUT2D eigenvalue weighted by atomic mass is 16.5. The van der Waals surface area contributed by atoms with Crippen LogP contribution in [0.4, 0.5) is 4.79 Å². The fourth-order valence-corrected chi connectivity index (χ4v) is 2.79. The van der Waals surface area contributed by atoms with Crippen LogP contribution < -0.4 is 10.1 Å². The van der Waals surface area contributed by atoms with Crippen molar-refractivity contribution in [2.24, 2.45) is 5.92 Å². The Kier molecular flexibility index (Phi) is 6.65. The Hall–Kier alpha value is -1.82. The van der Waals surface area contributed by atoms with E-state index < -0.39 is 0 Å². The van der Waals surface area contributed by atoms with E-state index in [0.717, 1.165) is 18.4 Å². The lowest BCUT2D eigenvalue weighted by Gasteiger charge is -2.36. The van der Waals surface area contributed by atoms with E-state index >= 15 is 0 Å². The summed E-state index contributed by atoms with van der Waals surface area (Å²) in [4.78, 5) is 18.4. The van der Waals surface area contributed by atoms with E-state index in [1.807, 2.05) is 17.0 Å². The summed E-state index contributed by atoms with van der Waals surface area (Å²) >= 11 is 0. The summed E-state index contributed by atoms with van der Waals surface area (Å²) in [5.41, 5.74) is 1.10. The van der Waals surface area contributed by atoms with Gasteiger partial charge in [0.2, 0.25) is 5.88 Å². The number of pyridine rings is 1. The van der Waals surface area contributed by atoms with E-state index in [4.69, 9.17) is 9.47 Å². The summed E-state index contributed by atoms with van der Waals surface area (Å²) in [5.74, 6) is 1.14. The number of carbonyl (C=O) groups is 1. The minimum atomic E-state index is -0.0000267. The van der Waals surface area contributed by atoms with Crippen LogP contribution in [-0.4, -0.2) is 55.4 Å². The number of nitrogens with one attached hydrogen (secondary N) is 1. The van der Waals surface area contributed by atoms with E-state index in [-0.39, 0.29) is 12.1 Å². The Morgan fingerprint density at radius 2 is 2.39 bits per heavy atom. The maximum atomic E-state index is 12.4. The highest BCUT2D eigenvalue weighted by Gasteiger charge is 2.27. The average molecular weight is 321 g/mol. The van der Waals surface area contributed by atoms with Crippen LogP contribution in [0.2, 0.25) is 0 Å². The molecule has 2 amide bonds. The molecule has 1 atom stereocenters. The minimum Gasteiger partial charge on any atom is -0.481 e. The number of rotatable bonds is 6. The molecule has 2 rings (SSSR count). The first-order chi connectivity index (χ1) is 11.1. The predicted molar refractivity (Wildman–Crippen MR) is 88.7 cm³/mol. The van der Waals surface area contributed by atoms with Gasteiger partial charge in [-0.2, -0.15) is 0 Å². The Morgan fingerprint density at radius 3 is 3.13 bits per heavy atom. The molecule has 1 aliphatic rings. The normalized spacial score (nSPS) is 18.1. The number of nitrogens with zero attached hydrogens (tertiary/aromatic N) is 2. The van der Waals surface area contributed by atoms with Gasteiger partial charge in [0.15, 0.2) is 0 Å². The van der Waals surface area contributed by atoms with Gasteiger partial charge in [0.1, 0.15) is 0 Å². The fraction of sp³-hybridized carbons (Fsp3) is 0.647. The molecule has 1 fully saturated rings. The van der Waals surface area contributed by atoms with Crippen LogP contribution in [0.15, 0.2) is 18.3 Å². The molecule has 1 saturated heterocycles. The largest absolute Gasteiger partial charge is 0.481 e. The van der Waals surface area contributed by atoms with Crippen molar-refractivity contribution in [1.82, 2.24) is 15.2 Å². The van der Waals surface area contributed by atoms with Crippen LogP contribution in [0, 0.1) is 5.92 Å². The molecule has 1 N–H and O–H groups in total. The molecule has 0 radical (unpaired) electrons. The van der Waals surface area contributed by atoms with E-state index in [0.29, 0.717) is 38.1 Å². The average Bonchev–Trinajstić information content (AvgIpc) is 2.55. The molecule has 1 aromatic heterocycles. The first-order valence-electron chi connectivity index (χ1n) is 8.21. The van der Waals surface area contributed by atoms with E-state index in [9.17, 15) is 4.79 Å². The fourth-order valence-electron chi connectivity index (χ4n) is 2.79. The summed E-state index contributed by atoms with van der Waals surface area (Å²) in [6, 6.07) is 4.00. The number of morpholine rings is 1. The first kappa shape index (κ1) is 17.5. The van der Waals surface area contributed by atoms with Crippen LogP contribution in [0.1, 0.15) is 25.8 Å². The van der Waals surface area contributed by atoms with Crippen molar-refractivity contribution in [3.63, 3.8) is 0 Å². The summed E-state index contributed by atoms with van der Waals surface area (Å²) in [6.45, 7) is 6.84. The molecule has 0 aliphatic carbocycles. The molecular weight excluding hydrogens is 294 g/mol. The molecule has 0 spiro atoms. The number of hydrogen-bond acceptors (Lipinski definition) is 4. The van der Waals surface area contributed by atoms with Gasteiger partial charge in [0, 0.05) is 25.4 Å². The van der Waals surface area contributed by atoms with Crippen LogP contribution in [0.3, 0.4) is 0 Å². The van der Waals surface area contributed by atoms with Crippen LogP contribution in [0.25, 0.3) is 0 Å². The SMILES string of the molecule is COc1cc(CCNC(=O)N2CCOC[C@@H]2CC(C)C)ccn1. The third-order valence-corrected chi connectivity index (χ3v) is 3.93. The van der Waals surface area contributed by atoms with E-state index in [1.54, 1.807) is 13.3 Å². The molecule has 0 unspecified atom stereocenters. The zero-order valence-corrected chi connectivity index (χ0v) is 14.2. The van der Waals surface area contributed by atoms with Gasteiger partial charge in [0.05, 0.1) is 26.4 Å². The Morgan fingerprint density at radius 1 is 1.57 bits per heavy atom. The van der Waals surface area contributed by atoms with Gasteiger partial charge in [-0.3, -0.25) is 0 Å². The molecule has 0 saturated carbocycles.